The molecule has 1 aromatic rings. The normalized spacial score (nSPS) is 24.5. The molecule has 1 nitrogen and oxygen atoms in total. The van der Waals surface area contributed by atoms with E-state index in [1.165, 1.54) is 13.0 Å². The number of hydrogen-bond donors (Lipinski definition) is 1. The molecule has 1 fully saturated rings. The van der Waals surface area contributed by atoms with Gasteiger partial charge in [0.25, 0.3) is 0 Å². The molecule has 1 aliphatic heterocycles. The third kappa shape index (κ3) is 2.88. The monoisotopic (exact) mass is 279 g/mol. The molecule has 2 unspecified atom stereocenters. The Morgan fingerprint density at radius 1 is 1.16 bits per heavy atom. The zero-order valence-corrected chi connectivity index (χ0v) is 10.3. The summed E-state index contributed by atoms with van der Waals surface area (Å²) < 4.78 is 65.0. The molecule has 19 heavy (non-hydrogen) atoms. The van der Waals surface area contributed by atoms with Crippen LogP contribution in [-0.4, -0.2) is 12.7 Å². The van der Waals surface area contributed by atoms with E-state index in [0.29, 0.717) is 0 Å². The molecule has 0 aromatic heterocycles. The molecular formula is C13H14F5N. The summed E-state index contributed by atoms with van der Waals surface area (Å²) in [4.78, 5) is 0. The summed E-state index contributed by atoms with van der Waals surface area (Å²) >= 11 is 0. The first-order chi connectivity index (χ1) is 8.80. The molecule has 0 radical (unpaired) electrons. The smallest absolute Gasteiger partial charge is 0.309 e. The first kappa shape index (κ1) is 14.2. The lowest BCUT2D eigenvalue weighted by Crippen LogP contribution is -2.40. The number of hydrogen-bond acceptors (Lipinski definition) is 1. The summed E-state index contributed by atoms with van der Waals surface area (Å²) in [5, 5.41) is 2.60. The Balaban J connectivity index is 2.17. The van der Waals surface area contributed by atoms with Crippen molar-refractivity contribution in [3.63, 3.8) is 0 Å². The molecule has 1 saturated heterocycles. The fourth-order valence-corrected chi connectivity index (χ4v) is 2.38. The van der Waals surface area contributed by atoms with Crippen molar-refractivity contribution in [2.75, 3.05) is 6.54 Å². The van der Waals surface area contributed by atoms with Crippen LogP contribution in [0.5, 0.6) is 0 Å². The van der Waals surface area contributed by atoms with E-state index in [1.807, 2.05) is 0 Å². The van der Waals surface area contributed by atoms with Gasteiger partial charge in [-0.3, -0.25) is 0 Å². The van der Waals surface area contributed by atoms with Gasteiger partial charge in [0.2, 0.25) is 0 Å². The summed E-state index contributed by atoms with van der Waals surface area (Å²) in [6, 6.07) is 1.76. The number of benzene rings is 1. The van der Waals surface area contributed by atoms with Crippen molar-refractivity contribution in [3.8, 4) is 0 Å². The van der Waals surface area contributed by atoms with Crippen LogP contribution >= 0.6 is 0 Å². The van der Waals surface area contributed by atoms with E-state index in [2.05, 4.69) is 5.32 Å². The summed E-state index contributed by atoms with van der Waals surface area (Å²) in [5.41, 5.74) is 0.136. The van der Waals surface area contributed by atoms with Gasteiger partial charge in [0.05, 0.1) is 5.92 Å². The molecule has 0 aliphatic carbocycles. The van der Waals surface area contributed by atoms with Gasteiger partial charge in [-0.25, -0.2) is 8.78 Å². The quantitative estimate of drug-likeness (QED) is 0.769. The molecule has 1 heterocycles. The second-order valence-corrected chi connectivity index (χ2v) is 4.87. The topological polar surface area (TPSA) is 12.0 Å². The Morgan fingerprint density at radius 3 is 2.37 bits per heavy atom. The molecular weight excluding hydrogens is 265 g/mol. The van der Waals surface area contributed by atoms with Crippen molar-refractivity contribution in [1.29, 1.82) is 0 Å². The highest BCUT2D eigenvalue weighted by Gasteiger charge is 2.42. The van der Waals surface area contributed by atoms with Crippen molar-refractivity contribution in [2.24, 2.45) is 5.92 Å². The van der Waals surface area contributed by atoms with Gasteiger partial charge in [-0.1, -0.05) is 6.07 Å². The molecule has 6 heteroatoms. The number of rotatable bonds is 1. The standard InChI is InChI=1S/C13H14F5N/c1-7-2-4-9(14)11(12(7)15)10-5-3-8(6-19-10)13(16,17)18/h2,4,8,10,19H,3,5-6H2,1H3. The van der Waals surface area contributed by atoms with Crippen LogP contribution in [0.15, 0.2) is 12.1 Å². The van der Waals surface area contributed by atoms with E-state index >= 15 is 0 Å². The summed E-state index contributed by atoms with van der Waals surface area (Å²) in [6.07, 6.45) is -4.31. The highest BCUT2D eigenvalue weighted by atomic mass is 19.4. The Morgan fingerprint density at radius 2 is 1.84 bits per heavy atom. The predicted molar refractivity (Wildman–Crippen MR) is 60.6 cm³/mol. The number of aryl methyl sites for hydroxylation is 1. The number of nitrogens with one attached hydrogen (secondary N) is 1. The van der Waals surface area contributed by atoms with Gasteiger partial charge in [-0.05, 0) is 31.4 Å². The highest BCUT2D eigenvalue weighted by molar-refractivity contribution is 5.29. The Bertz CT molecular complexity index is 461. The average Bonchev–Trinajstić information content (AvgIpc) is 2.34. The molecule has 0 saturated carbocycles. The van der Waals surface area contributed by atoms with Crippen molar-refractivity contribution in [1.82, 2.24) is 5.32 Å². The lowest BCUT2D eigenvalue weighted by molar-refractivity contribution is -0.179. The fraction of sp³-hybridized carbons (Fsp3) is 0.538. The molecule has 0 bridgehead atoms. The Labute approximate surface area is 107 Å². The Hall–Kier alpha value is -1.17. The average molecular weight is 279 g/mol. The largest absolute Gasteiger partial charge is 0.393 e. The minimum Gasteiger partial charge on any atom is -0.309 e. The van der Waals surface area contributed by atoms with Crippen LogP contribution in [0.3, 0.4) is 0 Å². The van der Waals surface area contributed by atoms with Gasteiger partial charge in [-0.15, -0.1) is 0 Å². The van der Waals surface area contributed by atoms with E-state index in [4.69, 9.17) is 0 Å². The summed E-state index contributed by atoms with van der Waals surface area (Å²) in [6.45, 7) is 1.20. The van der Waals surface area contributed by atoms with Crippen LogP contribution in [0.25, 0.3) is 0 Å². The lowest BCUT2D eigenvalue weighted by Gasteiger charge is -2.31. The number of alkyl halides is 3. The zero-order chi connectivity index (χ0) is 14.2. The van der Waals surface area contributed by atoms with Crippen molar-refractivity contribution in [2.45, 2.75) is 32.0 Å². The van der Waals surface area contributed by atoms with E-state index in [1.54, 1.807) is 0 Å². The van der Waals surface area contributed by atoms with E-state index in [-0.39, 0.29) is 30.5 Å². The second kappa shape index (κ2) is 5.07. The fourth-order valence-electron chi connectivity index (χ4n) is 2.38. The van der Waals surface area contributed by atoms with Gasteiger partial charge in [-0.2, -0.15) is 13.2 Å². The Kier molecular flexibility index (Phi) is 3.80. The predicted octanol–water partition coefficient (Wildman–Crippen LogP) is 3.88. The number of piperidine rings is 1. The van der Waals surface area contributed by atoms with Crippen LogP contribution in [0, 0.1) is 24.5 Å². The van der Waals surface area contributed by atoms with Gasteiger partial charge >= 0.3 is 6.18 Å². The number of halogens is 5. The first-order valence-electron chi connectivity index (χ1n) is 6.05. The maximum absolute atomic E-state index is 13.9. The van der Waals surface area contributed by atoms with Crippen LogP contribution in [0.1, 0.15) is 30.0 Å². The van der Waals surface area contributed by atoms with E-state index < -0.39 is 29.8 Å². The second-order valence-electron chi connectivity index (χ2n) is 4.87. The van der Waals surface area contributed by atoms with Crippen molar-refractivity contribution >= 4 is 0 Å². The van der Waals surface area contributed by atoms with Crippen LogP contribution < -0.4 is 5.32 Å². The lowest BCUT2D eigenvalue weighted by atomic mass is 9.89. The molecule has 0 amide bonds. The third-order valence-electron chi connectivity index (χ3n) is 3.55. The maximum Gasteiger partial charge on any atom is 0.393 e. The van der Waals surface area contributed by atoms with Gasteiger partial charge in [0.1, 0.15) is 11.6 Å². The molecule has 0 spiro atoms. The zero-order valence-electron chi connectivity index (χ0n) is 10.3. The van der Waals surface area contributed by atoms with Crippen LogP contribution in [-0.2, 0) is 0 Å². The van der Waals surface area contributed by atoms with Crippen LogP contribution in [0.2, 0.25) is 0 Å². The molecule has 2 atom stereocenters. The van der Waals surface area contributed by atoms with E-state index in [0.717, 1.165) is 6.07 Å². The summed E-state index contributed by atoms with van der Waals surface area (Å²) in [5.74, 6) is -2.84. The third-order valence-corrected chi connectivity index (χ3v) is 3.55. The van der Waals surface area contributed by atoms with E-state index in [9.17, 15) is 22.0 Å². The molecule has 2 rings (SSSR count). The van der Waals surface area contributed by atoms with Gasteiger partial charge in [0.15, 0.2) is 0 Å². The SMILES string of the molecule is Cc1ccc(F)c(C2CCC(C(F)(F)F)CN2)c1F. The minimum absolute atomic E-state index is 0.0709. The summed E-state index contributed by atoms with van der Waals surface area (Å²) in [7, 11) is 0. The molecule has 106 valence electrons. The molecule has 1 aliphatic rings. The van der Waals surface area contributed by atoms with Crippen LogP contribution in [0.4, 0.5) is 22.0 Å². The minimum atomic E-state index is -4.26. The molecule has 1 N–H and O–H groups in total. The first-order valence-corrected chi connectivity index (χ1v) is 6.05. The molecule has 1 aromatic carbocycles. The highest BCUT2D eigenvalue weighted by Crippen LogP contribution is 2.37. The maximum atomic E-state index is 13.9. The van der Waals surface area contributed by atoms with Crippen molar-refractivity contribution in [3.05, 3.63) is 34.9 Å². The van der Waals surface area contributed by atoms with Gasteiger partial charge < -0.3 is 5.32 Å². The van der Waals surface area contributed by atoms with Crippen molar-refractivity contribution < 1.29 is 22.0 Å². The van der Waals surface area contributed by atoms with Gasteiger partial charge in [0, 0.05) is 18.2 Å².